The van der Waals surface area contributed by atoms with Gasteiger partial charge in [0, 0.05) is 29.4 Å². The van der Waals surface area contributed by atoms with Gasteiger partial charge < -0.3 is 20.3 Å². The van der Waals surface area contributed by atoms with Crippen molar-refractivity contribution in [1.82, 2.24) is 15.3 Å². The fourth-order valence-corrected chi connectivity index (χ4v) is 6.13. The van der Waals surface area contributed by atoms with Crippen LogP contribution in [0.15, 0.2) is 24.3 Å². The molecule has 1 aromatic heterocycles. The molecular weight excluding hydrogens is 442 g/mol. The Morgan fingerprint density at radius 2 is 1.82 bits per heavy atom. The van der Waals surface area contributed by atoms with Crippen LogP contribution in [-0.2, 0) is 14.6 Å². The molecule has 1 saturated heterocycles. The molecule has 0 bridgehead atoms. The van der Waals surface area contributed by atoms with Gasteiger partial charge in [0.1, 0.15) is 11.1 Å². The Bertz CT molecular complexity index is 1180. The average Bonchev–Trinajstić information content (AvgIpc) is 3.59. The highest BCUT2D eigenvalue weighted by Gasteiger charge is 2.45. The maximum atomic E-state index is 13.0. The van der Waals surface area contributed by atoms with Crippen LogP contribution in [0.3, 0.4) is 0 Å². The number of aromatic nitrogens is 2. The highest BCUT2D eigenvalue weighted by atomic mass is 32.2. The molecule has 3 atom stereocenters. The predicted molar refractivity (Wildman–Crippen MR) is 126 cm³/mol. The van der Waals surface area contributed by atoms with Crippen molar-refractivity contribution in [3.63, 3.8) is 0 Å². The lowest BCUT2D eigenvalue weighted by Gasteiger charge is -2.35. The molecule has 1 aliphatic carbocycles. The van der Waals surface area contributed by atoms with E-state index in [9.17, 15) is 13.2 Å². The Balaban J connectivity index is 1.51. The number of rotatable bonds is 4. The summed E-state index contributed by atoms with van der Waals surface area (Å²) >= 11 is 0. The topological polar surface area (TPSA) is 114 Å². The van der Waals surface area contributed by atoms with Gasteiger partial charge in [-0.25, -0.2) is 23.2 Å². The number of morpholine rings is 1. The van der Waals surface area contributed by atoms with Gasteiger partial charge in [0.25, 0.3) is 0 Å². The molecular formula is C23H29N5O4S. The Kier molecular flexibility index (Phi) is 5.52. The van der Waals surface area contributed by atoms with Crippen molar-refractivity contribution in [3.05, 3.63) is 35.5 Å². The number of nitrogens with zero attached hydrogens (tertiary/aromatic N) is 3. The number of benzene rings is 1. The van der Waals surface area contributed by atoms with Crippen molar-refractivity contribution >= 4 is 27.4 Å². The van der Waals surface area contributed by atoms with Crippen molar-refractivity contribution in [2.45, 2.75) is 56.2 Å². The molecule has 176 valence electrons. The summed E-state index contributed by atoms with van der Waals surface area (Å²) in [5, 5.41) is 4.38. The van der Waals surface area contributed by atoms with E-state index < -0.39 is 20.3 Å². The third-order valence-corrected chi connectivity index (χ3v) is 9.12. The van der Waals surface area contributed by atoms with Crippen molar-refractivity contribution in [1.29, 1.82) is 0 Å². The molecule has 2 fully saturated rings. The second kappa shape index (κ2) is 8.25. The van der Waals surface area contributed by atoms with E-state index in [1.54, 1.807) is 26.0 Å². The SMILES string of the molecule is CC1c2nc(-c3ccc(NC(=O)NC4CC4)cc3)nc(N3CCOC[C@@H]3C)c2C(C)S1(=O)=O. The van der Waals surface area contributed by atoms with E-state index >= 15 is 0 Å². The minimum atomic E-state index is -3.38. The largest absolute Gasteiger partial charge is 0.377 e. The van der Waals surface area contributed by atoms with Gasteiger partial charge in [-0.2, -0.15) is 0 Å². The fourth-order valence-electron chi connectivity index (χ4n) is 4.47. The Labute approximate surface area is 193 Å². The van der Waals surface area contributed by atoms with Crippen LogP contribution in [0, 0.1) is 0 Å². The molecule has 2 aliphatic heterocycles. The summed E-state index contributed by atoms with van der Waals surface area (Å²) in [5.41, 5.74) is 2.71. The van der Waals surface area contributed by atoms with E-state index in [4.69, 9.17) is 14.7 Å². The molecule has 2 amide bonds. The summed E-state index contributed by atoms with van der Waals surface area (Å²) < 4.78 is 31.6. The second-order valence-electron chi connectivity index (χ2n) is 9.11. The summed E-state index contributed by atoms with van der Waals surface area (Å²) in [5.74, 6) is 1.16. The quantitative estimate of drug-likeness (QED) is 0.704. The fraction of sp³-hybridized carbons (Fsp3) is 0.522. The van der Waals surface area contributed by atoms with Gasteiger partial charge in [0.2, 0.25) is 0 Å². The first kappa shape index (κ1) is 22.1. The average molecular weight is 472 g/mol. The van der Waals surface area contributed by atoms with E-state index in [0.29, 0.717) is 48.3 Å². The smallest absolute Gasteiger partial charge is 0.319 e. The molecule has 10 heteroatoms. The summed E-state index contributed by atoms with van der Waals surface area (Å²) in [7, 11) is -3.38. The van der Waals surface area contributed by atoms with Crippen molar-refractivity contribution in [2.75, 3.05) is 30.0 Å². The number of nitrogens with one attached hydrogen (secondary N) is 2. The maximum Gasteiger partial charge on any atom is 0.319 e. The van der Waals surface area contributed by atoms with E-state index in [2.05, 4.69) is 22.5 Å². The van der Waals surface area contributed by atoms with Gasteiger partial charge in [0.05, 0.1) is 30.2 Å². The highest BCUT2D eigenvalue weighted by molar-refractivity contribution is 7.92. The molecule has 33 heavy (non-hydrogen) atoms. The molecule has 5 rings (SSSR count). The number of hydrogen-bond acceptors (Lipinski definition) is 7. The number of hydrogen-bond donors (Lipinski definition) is 2. The summed E-state index contributed by atoms with van der Waals surface area (Å²) in [6.45, 7) is 7.25. The number of ether oxygens (including phenoxy) is 1. The van der Waals surface area contributed by atoms with Gasteiger partial charge in [-0.3, -0.25) is 0 Å². The molecule has 2 unspecified atom stereocenters. The number of amides is 2. The molecule has 9 nitrogen and oxygen atoms in total. The van der Waals surface area contributed by atoms with Crippen LogP contribution >= 0.6 is 0 Å². The lowest BCUT2D eigenvalue weighted by molar-refractivity contribution is 0.0984. The lowest BCUT2D eigenvalue weighted by atomic mass is 10.1. The lowest BCUT2D eigenvalue weighted by Crippen LogP contribution is -2.44. The number of urea groups is 1. The van der Waals surface area contributed by atoms with Gasteiger partial charge in [-0.1, -0.05) is 0 Å². The zero-order chi connectivity index (χ0) is 23.3. The highest BCUT2D eigenvalue weighted by Crippen LogP contribution is 2.48. The molecule has 2 aromatic rings. The minimum Gasteiger partial charge on any atom is -0.377 e. The standard InChI is InChI=1S/C23H29N5O4S/c1-13-12-32-11-10-28(13)22-19-14(2)33(30,31)15(3)20(19)26-21(27-22)16-4-6-17(7-5-16)24-23(29)25-18-8-9-18/h4-7,13-15,18H,8-12H2,1-3H3,(H2,24,25,29)/t13-,14?,15?/m0/s1. The van der Waals surface area contributed by atoms with Crippen LogP contribution in [-0.4, -0.2) is 56.3 Å². The van der Waals surface area contributed by atoms with Gasteiger partial charge >= 0.3 is 6.03 Å². The van der Waals surface area contributed by atoms with Crippen molar-refractivity contribution in [3.8, 4) is 11.4 Å². The molecule has 2 N–H and O–H groups in total. The zero-order valence-corrected chi connectivity index (χ0v) is 19.9. The maximum absolute atomic E-state index is 13.0. The second-order valence-corrected chi connectivity index (χ2v) is 11.7. The Morgan fingerprint density at radius 3 is 2.48 bits per heavy atom. The van der Waals surface area contributed by atoms with Crippen LogP contribution in [0.25, 0.3) is 11.4 Å². The first-order chi connectivity index (χ1) is 15.8. The molecule has 1 saturated carbocycles. The van der Waals surface area contributed by atoms with E-state index in [-0.39, 0.29) is 18.1 Å². The number of sulfone groups is 1. The third-order valence-electron chi connectivity index (χ3n) is 6.69. The van der Waals surface area contributed by atoms with Crippen molar-refractivity contribution < 1.29 is 17.9 Å². The van der Waals surface area contributed by atoms with Crippen LogP contribution in [0.1, 0.15) is 55.4 Å². The Hall–Kier alpha value is -2.72. The first-order valence-electron chi connectivity index (χ1n) is 11.4. The molecule has 1 aromatic carbocycles. The summed E-state index contributed by atoms with van der Waals surface area (Å²) in [4.78, 5) is 23.7. The first-order valence-corrected chi connectivity index (χ1v) is 13.0. The number of fused-ring (bicyclic) bond motifs is 1. The van der Waals surface area contributed by atoms with Crippen LogP contribution < -0.4 is 15.5 Å². The van der Waals surface area contributed by atoms with Crippen molar-refractivity contribution in [2.24, 2.45) is 0 Å². The van der Waals surface area contributed by atoms with E-state index in [0.717, 1.165) is 18.4 Å². The molecule has 3 heterocycles. The molecule has 3 aliphatic rings. The Morgan fingerprint density at radius 1 is 1.09 bits per heavy atom. The predicted octanol–water partition coefficient (Wildman–Crippen LogP) is 3.20. The van der Waals surface area contributed by atoms with Crippen LogP contribution in [0.2, 0.25) is 0 Å². The monoisotopic (exact) mass is 471 g/mol. The van der Waals surface area contributed by atoms with Gasteiger partial charge in [-0.15, -0.1) is 0 Å². The zero-order valence-electron chi connectivity index (χ0n) is 19.0. The van der Waals surface area contributed by atoms with Crippen LogP contribution in [0.5, 0.6) is 0 Å². The van der Waals surface area contributed by atoms with Gasteiger partial charge in [-0.05, 0) is 57.9 Å². The van der Waals surface area contributed by atoms with E-state index in [1.807, 2.05) is 12.1 Å². The minimum absolute atomic E-state index is 0.0768. The molecule has 0 spiro atoms. The normalized spacial score (nSPS) is 26.0. The third kappa shape index (κ3) is 4.06. The summed E-state index contributed by atoms with van der Waals surface area (Å²) in [6.07, 6.45) is 2.05. The number of carbonyl (C=O) groups is 1. The summed E-state index contributed by atoms with van der Waals surface area (Å²) in [6, 6.07) is 7.45. The van der Waals surface area contributed by atoms with E-state index in [1.165, 1.54) is 0 Å². The van der Waals surface area contributed by atoms with Crippen LogP contribution in [0.4, 0.5) is 16.3 Å². The number of carbonyl (C=O) groups excluding carboxylic acids is 1. The number of anilines is 2. The molecule has 0 radical (unpaired) electrons. The van der Waals surface area contributed by atoms with Gasteiger partial charge in [0.15, 0.2) is 15.7 Å².